The summed E-state index contributed by atoms with van der Waals surface area (Å²) in [6, 6.07) is 15.6. The zero-order valence-electron chi connectivity index (χ0n) is 17.1. The van der Waals surface area contributed by atoms with Crippen LogP contribution in [0.4, 0.5) is 4.79 Å². The fraction of sp³-hybridized carbons (Fsp3) is 0.348. The summed E-state index contributed by atoms with van der Waals surface area (Å²) in [5.41, 5.74) is 3.31. The smallest absolute Gasteiger partial charge is 0.410 e. The first-order valence-corrected chi connectivity index (χ1v) is 10.3. The SMILES string of the molecule is Cc1cccc(CCc2ccc(OC(=O)N3CCC(On4cccn4)CC3)cc2)n1. The summed E-state index contributed by atoms with van der Waals surface area (Å²) in [6.07, 6.45) is 6.46. The van der Waals surface area contributed by atoms with Crippen molar-refractivity contribution in [2.45, 2.75) is 38.7 Å². The van der Waals surface area contributed by atoms with Crippen LogP contribution in [0.25, 0.3) is 0 Å². The molecule has 7 heteroatoms. The molecule has 1 amide bonds. The molecular weight excluding hydrogens is 380 g/mol. The molecule has 1 saturated heterocycles. The fourth-order valence-corrected chi connectivity index (χ4v) is 3.51. The van der Waals surface area contributed by atoms with E-state index in [2.05, 4.69) is 10.1 Å². The molecule has 4 rings (SSSR count). The predicted molar refractivity (Wildman–Crippen MR) is 112 cm³/mol. The molecule has 0 aliphatic carbocycles. The van der Waals surface area contributed by atoms with Gasteiger partial charge in [-0.05, 0) is 55.7 Å². The summed E-state index contributed by atoms with van der Waals surface area (Å²) in [4.78, 5) is 25.9. The number of hydrogen-bond acceptors (Lipinski definition) is 5. The van der Waals surface area contributed by atoms with Gasteiger partial charge < -0.3 is 14.5 Å². The molecule has 156 valence electrons. The Morgan fingerprint density at radius 2 is 1.87 bits per heavy atom. The van der Waals surface area contributed by atoms with Crippen LogP contribution in [0.2, 0.25) is 0 Å². The first-order valence-electron chi connectivity index (χ1n) is 10.3. The van der Waals surface area contributed by atoms with Gasteiger partial charge in [-0.25, -0.2) is 4.79 Å². The Balaban J connectivity index is 1.23. The summed E-state index contributed by atoms with van der Waals surface area (Å²) >= 11 is 0. The van der Waals surface area contributed by atoms with E-state index in [4.69, 9.17) is 9.57 Å². The molecule has 1 aromatic carbocycles. The van der Waals surface area contributed by atoms with Crippen molar-refractivity contribution in [1.82, 2.24) is 19.8 Å². The highest BCUT2D eigenvalue weighted by Crippen LogP contribution is 2.17. The van der Waals surface area contributed by atoms with Crippen molar-refractivity contribution in [2.24, 2.45) is 0 Å². The van der Waals surface area contributed by atoms with Crippen molar-refractivity contribution >= 4 is 6.09 Å². The third-order valence-corrected chi connectivity index (χ3v) is 5.18. The third kappa shape index (κ3) is 5.37. The molecule has 0 N–H and O–H groups in total. The molecule has 0 saturated carbocycles. The number of amides is 1. The Morgan fingerprint density at radius 1 is 1.07 bits per heavy atom. The van der Waals surface area contributed by atoms with Crippen molar-refractivity contribution in [2.75, 3.05) is 13.1 Å². The monoisotopic (exact) mass is 406 g/mol. The molecule has 0 atom stereocenters. The van der Waals surface area contributed by atoms with Crippen LogP contribution in [-0.2, 0) is 12.8 Å². The average Bonchev–Trinajstić information content (AvgIpc) is 3.27. The summed E-state index contributed by atoms with van der Waals surface area (Å²) in [5, 5.41) is 4.05. The van der Waals surface area contributed by atoms with Crippen LogP contribution in [0.15, 0.2) is 60.9 Å². The molecule has 7 nitrogen and oxygen atoms in total. The minimum absolute atomic E-state index is 0.0520. The molecule has 0 spiro atoms. The second kappa shape index (κ2) is 9.43. The van der Waals surface area contributed by atoms with E-state index in [-0.39, 0.29) is 12.2 Å². The molecule has 1 fully saturated rings. The molecule has 0 radical (unpaired) electrons. The highest BCUT2D eigenvalue weighted by molar-refractivity contribution is 5.70. The van der Waals surface area contributed by atoms with E-state index in [0.717, 1.165) is 37.1 Å². The standard InChI is InChI=1S/C23H26N4O3/c1-18-4-2-5-20(25-18)9-6-19-7-10-21(11-8-19)29-23(28)26-16-12-22(13-17-26)30-27-15-3-14-24-27/h2-5,7-8,10-11,14-15,22H,6,9,12-13,16-17H2,1H3. The number of piperidine rings is 1. The minimum atomic E-state index is -0.316. The fourth-order valence-electron chi connectivity index (χ4n) is 3.51. The second-order valence-electron chi connectivity index (χ2n) is 7.48. The number of pyridine rings is 1. The maximum absolute atomic E-state index is 12.5. The lowest BCUT2D eigenvalue weighted by atomic mass is 10.1. The molecule has 1 aliphatic rings. The van der Waals surface area contributed by atoms with Gasteiger partial charge in [-0.2, -0.15) is 0 Å². The van der Waals surface area contributed by atoms with Crippen LogP contribution in [0, 0.1) is 6.92 Å². The number of likely N-dealkylation sites (tertiary alicyclic amines) is 1. The number of aromatic nitrogens is 3. The van der Waals surface area contributed by atoms with Crippen molar-refractivity contribution < 1.29 is 14.4 Å². The van der Waals surface area contributed by atoms with Gasteiger partial charge in [0.1, 0.15) is 11.9 Å². The number of hydrogen-bond donors (Lipinski definition) is 0. The lowest BCUT2D eigenvalue weighted by Crippen LogP contribution is -2.44. The molecular formula is C23H26N4O3. The van der Waals surface area contributed by atoms with E-state index in [1.54, 1.807) is 17.3 Å². The normalized spacial score (nSPS) is 14.5. The highest BCUT2D eigenvalue weighted by Gasteiger charge is 2.25. The van der Waals surface area contributed by atoms with Crippen LogP contribution in [0.3, 0.4) is 0 Å². The predicted octanol–water partition coefficient (Wildman–Crippen LogP) is 3.46. The maximum atomic E-state index is 12.5. The Kier molecular flexibility index (Phi) is 6.27. The Bertz CT molecular complexity index is 949. The van der Waals surface area contributed by atoms with Crippen molar-refractivity contribution in [1.29, 1.82) is 0 Å². The molecule has 3 aromatic rings. The van der Waals surface area contributed by atoms with Crippen LogP contribution >= 0.6 is 0 Å². The summed E-state index contributed by atoms with van der Waals surface area (Å²) < 4.78 is 5.54. The zero-order valence-corrected chi connectivity index (χ0v) is 17.1. The average molecular weight is 406 g/mol. The highest BCUT2D eigenvalue weighted by atomic mass is 16.7. The van der Waals surface area contributed by atoms with E-state index in [9.17, 15) is 4.79 Å². The van der Waals surface area contributed by atoms with Gasteiger partial charge in [0.25, 0.3) is 0 Å². The van der Waals surface area contributed by atoms with Gasteiger partial charge >= 0.3 is 6.09 Å². The number of rotatable bonds is 6. The van der Waals surface area contributed by atoms with Crippen molar-refractivity contribution in [3.63, 3.8) is 0 Å². The van der Waals surface area contributed by atoms with Crippen molar-refractivity contribution in [3.8, 4) is 5.75 Å². The molecule has 2 aromatic heterocycles. The minimum Gasteiger partial charge on any atom is -0.410 e. The summed E-state index contributed by atoms with van der Waals surface area (Å²) in [5.74, 6) is 0.562. The van der Waals surface area contributed by atoms with E-state index >= 15 is 0 Å². The van der Waals surface area contributed by atoms with Gasteiger partial charge in [0.05, 0.1) is 12.4 Å². The Hall–Kier alpha value is -3.35. The lowest BCUT2D eigenvalue weighted by molar-refractivity contribution is -0.0162. The van der Waals surface area contributed by atoms with E-state index in [1.165, 1.54) is 10.4 Å². The maximum Gasteiger partial charge on any atom is 0.415 e. The van der Waals surface area contributed by atoms with Crippen LogP contribution in [0.5, 0.6) is 5.75 Å². The van der Waals surface area contributed by atoms with Gasteiger partial charge in [-0.15, -0.1) is 9.94 Å². The van der Waals surface area contributed by atoms with Gasteiger partial charge in [0.2, 0.25) is 0 Å². The first kappa shape index (κ1) is 19.9. The number of benzene rings is 1. The Morgan fingerprint density at radius 3 is 2.57 bits per heavy atom. The second-order valence-corrected chi connectivity index (χ2v) is 7.48. The Labute approximate surface area is 176 Å². The topological polar surface area (TPSA) is 69.5 Å². The van der Waals surface area contributed by atoms with Gasteiger partial charge in [0.15, 0.2) is 0 Å². The number of carbonyl (C=O) groups is 1. The first-order chi connectivity index (χ1) is 14.7. The number of ether oxygens (including phenoxy) is 1. The van der Waals surface area contributed by atoms with Crippen molar-refractivity contribution in [3.05, 3.63) is 77.9 Å². The number of aryl methyl sites for hydroxylation is 3. The summed E-state index contributed by atoms with van der Waals surface area (Å²) in [6.45, 7) is 3.21. The van der Waals surface area contributed by atoms with Gasteiger partial charge in [-0.1, -0.05) is 18.2 Å². The quantitative estimate of drug-likeness (QED) is 0.627. The molecule has 30 heavy (non-hydrogen) atoms. The molecule has 0 unspecified atom stereocenters. The van der Waals surface area contributed by atoms with Crippen LogP contribution in [-0.4, -0.2) is 45.1 Å². The van der Waals surface area contributed by atoms with Crippen LogP contribution < -0.4 is 9.57 Å². The zero-order chi connectivity index (χ0) is 20.8. The van der Waals surface area contributed by atoms with Gasteiger partial charge in [-0.3, -0.25) is 4.98 Å². The molecule has 1 aliphatic heterocycles. The summed E-state index contributed by atoms with van der Waals surface area (Å²) in [7, 11) is 0. The van der Waals surface area contributed by atoms with Gasteiger partial charge in [0, 0.05) is 37.3 Å². The molecule has 0 bridgehead atoms. The molecule has 3 heterocycles. The number of nitrogens with zero attached hydrogens (tertiary/aromatic N) is 4. The van der Waals surface area contributed by atoms with E-state index < -0.39 is 0 Å². The van der Waals surface area contributed by atoms with E-state index in [1.807, 2.05) is 55.5 Å². The third-order valence-electron chi connectivity index (χ3n) is 5.18. The largest absolute Gasteiger partial charge is 0.415 e. The lowest BCUT2D eigenvalue weighted by Gasteiger charge is -2.30. The van der Waals surface area contributed by atoms with Crippen LogP contribution in [0.1, 0.15) is 29.8 Å². The number of carbonyl (C=O) groups excluding carboxylic acids is 1. The van der Waals surface area contributed by atoms with E-state index in [0.29, 0.717) is 18.8 Å².